The molecule has 0 aromatic carbocycles. The molecule has 2 unspecified atom stereocenters. The van der Waals surface area contributed by atoms with Gasteiger partial charge < -0.3 is 50.3 Å². The fourth-order valence-electron chi connectivity index (χ4n) is 2.58. The first-order valence-electron chi connectivity index (χ1n) is 6.92. The lowest BCUT2D eigenvalue weighted by Crippen LogP contribution is -2.64. The van der Waals surface area contributed by atoms with Gasteiger partial charge in [-0.25, -0.2) is 0 Å². The Bertz CT molecular complexity index is 358. The summed E-state index contributed by atoms with van der Waals surface area (Å²) in [6, 6.07) is 0. The maximum absolute atomic E-state index is 10.2. The number of hydrogen-bond donors (Lipinski definition) is 8. The van der Waals surface area contributed by atoms with E-state index >= 15 is 0 Å². The first kappa shape index (κ1) is 17.9. The third-order valence-corrected chi connectivity index (χ3v) is 4.21. The molecule has 2 aliphatic heterocycles. The summed E-state index contributed by atoms with van der Waals surface area (Å²) in [6.45, 7) is -0.865. The molecule has 2 saturated heterocycles. The number of aliphatic hydroxyl groups excluding tert-OH is 6. The first-order valence-corrected chi connectivity index (χ1v) is 6.92. The van der Waals surface area contributed by atoms with E-state index in [0.717, 1.165) is 0 Å². The average molecular weight is 326 g/mol. The summed E-state index contributed by atoms with van der Waals surface area (Å²) < 4.78 is 9.83. The Labute approximate surface area is 125 Å². The lowest BCUT2D eigenvalue weighted by Gasteiger charge is -2.45. The van der Waals surface area contributed by atoms with Gasteiger partial charge in [-0.15, -0.1) is 0 Å². The topological polar surface area (TPSA) is 180 Å². The van der Waals surface area contributed by atoms with Crippen LogP contribution in [0.2, 0.25) is 0 Å². The van der Waals surface area contributed by atoms with Crippen LogP contribution in [0, 0.1) is 0 Å². The zero-order valence-electron chi connectivity index (χ0n) is 11.7. The SMILES string of the molecule is O[C@H]1[C@H](O)COC(O)(CCC2(O)OC[C@@H](O)[C@H](O)[C@H]2O)[C@@H]1O. The lowest BCUT2D eigenvalue weighted by atomic mass is 9.88. The Morgan fingerprint density at radius 1 is 0.682 bits per heavy atom. The highest BCUT2D eigenvalue weighted by Crippen LogP contribution is 2.34. The van der Waals surface area contributed by atoms with Gasteiger partial charge in [0.2, 0.25) is 0 Å². The van der Waals surface area contributed by atoms with Gasteiger partial charge in [-0.05, 0) is 0 Å². The molecule has 0 saturated carbocycles. The third-order valence-electron chi connectivity index (χ3n) is 4.21. The van der Waals surface area contributed by atoms with E-state index < -0.39 is 74.3 Å². The molecule has 0 bridgehead atoms. The van der Waals surface area contributed by atoms with Crippen LogP contribution in [0.25, 0.3) is 0 Å². The highest BCUT2D eigenvalue weighted by molar-refractivity contribution is 4.96. The van der Waals surface area contributed by atoms with Crippen molar-refractivity contribution < 1.29 is 50.3 Å². The van der Waals surface area contributed by atoms with Crippen LogP contribution in [0.4, 0.5) is 0 Å². The van der Waals surface area contributed by atoms with Crippen molar-refractivity contribution in [1.29, 1.82) is 0 Å². The van der Waals surface area contributed by atoms with Crippen LogP contribution in [0.15, 0.2) is 0 Å². The van der Waals surface area contributed by atoms with Crippen LogP contribution in [0.5, 0.6) is 0 Å². The normalized spacial score (nSPS) is 53.5. The molecule has 2 heterocycles. The Kier molecular flexibility index (Phi) is 5.09. The minimum absolute atomic E-state index is 0.433. The van der Waals surface area contributed by atoms with Crippen LogP contribution in [0.1, 0.15) is 12.8 Å². The summed E-state index contributed by atoms with van der Waals surface area (Å²) in [6.07, 6.45) is -10.6. The van der Waals surface area contributed by atoms with Crippen molar-refractivity contribution in [2.24, 2.45) is 0 Å². The van der Waals surface area contributed by atoms with Gasteiger partial charge in [-0.2, -0.15) is 0 Å². The van der Waals surface area contributed by atoms with E-state index in [1.54, 1.807) is 0 Å². The van der Waals surface area contributed by atoms with Crippen LogP contribution >= 0.6 is 0 Å². The van der Waals surface area contributed by atoms with Crippen molar-refractivity contribution in [3.8, 4) is 0 Å². The predicted molar refractivity (Wildman–Crippen MR) is 67.1 cm³/mol. The fraction of sp³-hybridized carbons (Fsp3) is 1.00. The quantitative estimate of drug-likeness (QED) is 0.251. The molecule has 0 spiro atoms. The molecule has 0 radical (unpaired) electrons. The van der Waals surface area contributed by atoms with Crippen LogP contribution in [-0.4, -0.2) is 102 Å². The van der Waals surface area contributed by atoms with Crippen molar-refractivity contribution in [3.05, 3.63) is 0 Å². The maximum Gasteiger partial charge on any atom is 0.194 e. The van der Waals surface area contributed by atoms with Gasteiger partial charge in [0.05, 0.1) is 13.2 Å². The molecular formula is C12H22O10. The fourth-order valence-corrected chi connectivity index (χ4v) is 2.58. The molecular weight excluding hydrogens is 304 g/mol. The predicted octanol–water partition coefficient (Wildman–Crippen LogP) is -4.63. The Balaban J connectivity index is 2.02. The second-order valence-electron chi connectivity index (χ2n) is 5.82. The van der Waals surface area contributed by atoms with Crippen LogP contribution in [0.3, 0.4) is 0 Å². The number of aliphatic hydroxyl groups is 8. The smallest absolute Gasteiger partial charge is 0.194 e. The molecule has 2 aliphatic rings. The van der Waals surface area contributed by atoms with E-state index in [9.17, 15) is 40.9 Å². The van der Waals surface area contributed by atoms with Gasteiger partial charge in [0, 0.05) is 12.8 Å². The third kappa shape index (κ3) is 3.12. The molecule has 0 aromatic rings. The molecule has 2 fully saturated rings. The zero-order valence-corrected chi connectivity index (χ0v) is 11.7. The summed E-state index contributed by atoms with van der Waals surface area (Å²) in [4.78, 5) is 0. The van der Waals surface area contributed by atoms with Crippen molar-refractivity contribution in [1.82, 2.24) is 0 Å². The van der Waals surface area contributed by atoms with E-state index in [1.165, 1.54) is 0 Å². The van der Waals surface area contributed by atoms with Crippen molar-refractivity contribution in [3.63, 3.8) is 0 Å². The molecule has 8 atom stereocenters. The molecule has 2 rings (SSSR count). The molecule has 0 aromatic heterocycles. The van der Waals surface area contributed by atoms with Crippen LogP contribution in [-0.2, 0) is 9.47 Å². The average Bonchev–Trinajstić information content (AvgIpc) is 2.50. The van der Waals surface area contributed by atoms with E-state index in [4.69, 9.17) is 9.47 Å². The molecule has 0 aliphatic carbocycles. The summed E-state index contributed by atoms with van der Waals surface area (Å²) in [5.74, 6) is -4.53. The molecule has 130 valence electrons. The van der Waals surface area contributed by atoms with E-state index in [2.05, 4.69) is 0 Å². The minimum atomic E-state index is -2.27. The largest absolute Gasteiger partial charge is 0.388 e. The van der Waals surface area contributed by atoms with Crippen molar-refractivity contribution in [2.75, 3.05) is 13.2 Å². The van der Waals surface area contributed by atoms with E-state index in [0.29, 0.717) is 0 Å². The molecule has 10 heteroatoms. The molecule has 8 N–H and O–H groups in total. The summed E-state index contributed by atoms with van der Waals surface area (Å²) >= 11 is 0. The second kappa shape index (κ2) is 6.24. The number of hydrogen-bond acceptors (Lipinski definition) is 10. The van der Waals surface area contributed by atoms with Gasteiger partial charge in [0.25, 0.3) is 0 Å². The van der Waals surface area contributed by atoms with Gasteiger partial charge >= 0.3 is 0 Å². The summed E-state index contributed by atoms with van der Waals surface area (Å²) in [5.41, 5.74) is 0. The van der Waals surface area contributed by atoms with Crippen molar-refractivity contribution in [2.45, 2.75) is 61.0 Å². The zero-order chi connectivity index (χ0) is 16.7. The van der Waals surface area contributed by atoms with Gasteiger partial charge in [-0.3, -0.25) is 0 Å². The van der Waals surface area contributed by atoms with Crippen molar-refractivity contribution >= 4 is 0 Å². The monoisotopic (exact) mass is 326 g/mol. The van der Waals surface area contributed by atoms with E-state index in [1.807, 2.05) is 0 Å². The Morgan fingerprint density at radius 3 is 1.32 bits per heavy atom. The standard InChI is InChI=1S/C12H22O10/c13-5-3-21-11(19,9(17)7(5)15)1-2-12(20)10(18)8(16)6(14)4-22-12/h5-10,13-20H,1-4H2/t5-,6-,7+,8+,9-,10-,11?,12?/m1/s1. The highest BCUT2D eigenvalue weighted by Gasteiger charge is 2.53. The summed E-state index contributed by atoms with van der Waals surface area (Å²) in [5, 5.41) is 77.7. The Hall–Kier alpha value is -0.400. The second-order valence-corrected chi connectivity index (χ2v) is 5.82. The molecule has 10 nitrogen and oxygen atoms in total. The highest BCUT2D eigenvalue weighted by atomic mass is 16.7. The Morgan fingerprint density at radius 2 is 1.00 bits per heavy atom. The number of rotatable bonds is 3. The lowest BCUT2D eigenvalue weighted by molar-refractivity contribution is -0.350. The van der Waals surface area contributed by atoms with E-state index in [-0.39, 0.29) is 0 Å². The molecule has 22 heavy (non-hydrogen) atoms. The van der Waals surface area contributed by atoms with Gasteiger partial charge in [-0.1, -0.05) is 0 Å². The maximum atomic E-state index is 10.2. The first-order chi connectivity index (χ1) is 10.1. The van der Waals surface area contributed by atoms with Crippen LogP contribution < -0.4 is 0 Å². The minimum Gasteiger partial charge on any atom is -0.388 e. The summed E-state index contributed by atoms with van der Waals surface area (Å²) in [7, 11) is 0. The number of ether oxygens (including phenoxy) is 2. The molecule has 0 amide bonds. The van der Waals surface area contributed by atoms with Gasteiger partial charge in [0.15, 0.2) is 11.6 Å². The van der Waals surface area contributed by atoms with Gasteiger partial charge in [0.1, 0.15) is 36.6 Å².